The maximum absolute atomic E-state index is 12.1. The van der Waals surface area contributed by atoms with Crippen molar-refractivity contribution in [2.75, 3.05) is 18.0 Å². The Kier molecular flexibility index (Phi) is 4.63. The van der Waals surface area contributed by atoms with Gasteiger partial charge in [-0.05, 0) is 42.5 Å². The van der Waals surface area contributed by atoms with Crippen LogP contribution in [0.1, 0.15) is 22.7 Å². The highest BCUT2D eigenvalue weighted by atomic mass is 32.2. The molecule has 2 aliphatic rings. The summed E-state index contributed by atoms with van der Waals surface area (Å²) < 4.78 is 5.10. The average Bonchev–Trinajstić information content (AvgIpc) is 3.38. The molecule has 2 N–H and O–H groups in total. The Balaban J connectivity index is 1.42. The fourth-order valence-corrected chi connectivity index (χ4v) is 3.54. The van der Waals surface area contributed by atoms with Crippen LogP contribution in [-0.4, -0.2) is 46.2 Å². The van der Waals surface area contributed by atoms with E-state index in [0.717, 1.165) is 18.2 Å². The second-order valence-electron chi connectivity index (χ2n) is 6.02. The molecule has 1 unspecified atom stereocenters. The van der Waals surface area contributed by atoms with E-state index in [0.29, 0.717) is 29.6 Å². The number of nitrogens with zero attached hydrogens (tertiary/aromatic N) is 3. The monoisotopic (exact) mass is 385 g/mol. The van der Waals surface area contributed by atoms with Crippen LogP contribution >= 0.6 is 11.8 Å². The summed E-state index contributed by atoms with van der Waals surface area (Å²) in [5.74, 6) is 0.112. The third-order valence-electron chi connectivity index (χ3n) is 4.14. The summed E-state index contributed by atoms with van der Waals surface area (Å²) in [6.45, 7) is 1.26. The van der Waals surface area contributed by atoms with Crippen molar-refractivity contribution in [1.82, 2.24) is 20.6 Å². The Hall–Kier alpha value is -3.14. The van der Waals surface area contributed by atoms with Gasteiger partial charge in [-0.2, -0.15) is 0 Å². The molecule has 10 heteroatoms. The first-order valence-corrected chi connectivity index (χ1v) is 9.07. The van der Waals surface area contributed by atoms with Crippen molar-refractivity contribution < 1.29 is 18.8 Å². The Morgan fingerprint density at radius 1 is 1.41 bits per heavy atom. The number of furan rings is 1. The normalized spacial score (nSPS) is 21.0. The SMILES string of the molecule is O=C1NC(=O)/C(=C\c2ccnc(N3CCC(NC(=O)c4ccco4)C3)n2)S1. The molecule has 9 nitrogen and oxygen atoms in total. The van der Waals surface area contributed by atoms with Crippen molar-refractivity contribution in [3.63, 3.8) is 0 Å². The number of imide groups is 1. The van der Waals surface area contributed by atoms with Crippen molar-refractivity contribution in [2.24, 2.45) is 0 Å². The van der Waals surface area contributed by atoms with Gasteiger partial charge in [0.1, 0.15) is 0 Å². The van der Waals surface area contributed by atoms with E-state index in [1.54, 1.807) is 30.5 Å². The number of thioether (sulfide) groups is 1. The van der Waals surface area contributed by atoms with Gasteiger partial charge in [0.25, 0.3) is 17.1 Å². The summed E-state index contributed by atoms with van der Waals surface area (Å²) in [5, 5.41) is 4.74. The Morgan fingerprint density at radius 3 is 3.04 bits per heavy atom. The third-order valence-corrected chi connectivity index (χ3v) is 4.95. The van der Waals surface area contributed by atoms with E-state index >= 15 is 0 Å². The Labute approximate surface area is 158 Å². The summed E-state index contributed by atoms with van der Waals surface area (Å²) >= 11 is 0.844. The van der Waals surface area contributed by atoms with Crippen LogP contribution in [0.2, 0.25) is 0 Å². The lowest BCUT2D eigenvalue weighted by Gasteiger charge is -2.16. The number of nitrogens with one attached hydrogen (secondary N) is 2. The molecule has 4 rings (SSSR count). The second-order valence-corrected chi connectivity index (χ2v) is 7.03. The zero-order valence-electron chi connectivity index (χ0n) is 14.0. The number of hydrogen-bond acceptors (Lipinski definition) is 8. The molecule has 0 aromatic carbocycles. The minimum absolute atomic E-state index is 0.0398. The second kappa shape index (κ2) is 7.23. The maximum atomic E-state index is 12.1. The molecule has 2 aliphatic heterocycles. The van der Waals surface area contributed by atoms with E-state index in [4.69, 9.17) is 4.42 Å². The Bertz CT molecular complexity index is 927. The summed E-state index contributed by atoms with van der Waals surface area (Å²) in [6.07, 6.45) is 5.37. The van der Waals surface area contributed by atoms with Gasteiger partial charge in [-0.3, -0.25) is 19.7 Å². The number of aromatic nitrogens is 2. The molecule has 2 fully saturated rings. The minimum Gasteiger partial charge on any atom is -0.459 e. The first-order chi connectivity index (χ1) is 13.1. The average molecular weight is 385 g/mol. The van der Waals surface area contributed by atoms with Gasteiger partial charge in [0.05, 0.1) is 16.9 Å². The van der Waals surface area contributed by atoms with Crippen molar-refractivity contribution in [1.29, 1.82) is 0 Å². The summed E-state index contributed by atoms with van der Waals surface area (Å²) in [7, 11) is 0. The van der Waals surface area contributed by atoms with Crippen molar-refractivity contribution >= 4 is 40.8 Å². The molecule has 138 valence electrons. The molecule has 0 bridgehead atoms. The molecule has 0 saturated carbocycles. The molecule has 2 aromatic rings. The zero-order valence-corrected chi connectivity index (χ0v) is 14.9. The van der Waals surface area contributed by atoms with Gasteiger partial charge in [0, 0.05) is 25.3 Å². The lowest BCUT2D eigenvalue weighted by Crippen LogP contribution is -2.37. The molecule has 1 atom stereocenters. The van der Waals surface area contributed by atoms with Gasteiger partial charge in [0.15, 0.2) is 5.76 Å². The molecule has 0 radical (unpaired) electrons. The first-order valence-electron chi connectivity index (χ1n) is 8.26. The molecule has 2 aromatic heterocycles. The predicted molar refractivity (Wildman–Crippen MR) is 97.9 cm³/mol. The van der Waals surface area contributed by atoms with Crippen LogP contribution in [0.15, 0.2) is 40.0 Å². The van der Waals surface area contributed by atoms with Crippen LogP contribution < -0.4 is 15.5 Å². The van der Waals surface area contributed by atoms with E-state index in [9.17, 15) is 14.4 Å². The number of anilines is 1. The first kappa shape index (κ1) is 17.3. The van der Waals surface area contributed by atoms with E-state index in [1.165, 1.54) is 6.26 Å². The van der Waals surface area contributed by atoms with Crippen LogP contribution in [-0.2, 0) is 4.79 Å². The minimum atomic E-state index is -0.424. The van der Waals surface area contributed by atoms with Crippen molar-refractivity contribution in [3.8, 4) is 0 Å². The largest absolute Gasteiger partial charge is 0.459 e. The molecule has 4 heterocycles. The van der Waals surface area contributed by atoms with Gasteiger partial charge in [-0.25, -0.2) is 9.97 Å². The van der Waals surface area contributed by atoms with Gasteiger partial charge >= 0.3 is 0 Å². The summed E-state index contributed by atoms with van der Waals surface area (Å²) in [4.78, 5) is 46.0. The highest BCUT2D eigenvalue weighted by Gasteiger charge is 2.27. The molecular formula is C17H15N5O4S. The zero-order chi connectivity index (χ0) is 18.8. The fraction of sp³-hybridized carbons (Fsp3) is 0.235. The van der Waals surface area contributed by atoms with Crippen LogP contribution in [0.25, 0.3) is 6.08 Å². The van der Waals surface area contributed by atoms with E-state index < -0.39 is 11.1 Å². The fourth-order valence-electron chi connectivity index (χ4n) is 2.87. The van der Waals surface area contributed by atoms with Gasteiger partial charge < -0.3 is 14.6 Å². The van der Waals surface area contributed by atoms with Crippen LogP contribution in [0, 0.1) is 0 Å². The standard InChI is InChI=1S/C17H15N5O4S/c23-14(12-2-1-7-26-12)19-11-4-6-22(9-11)16-18-5-3-10(20-16)8-13-15(24)21-17(25)27-13/h1-3,5,7-8,11H,4,6,9H2,(H,19,23)(H,21,24,25)/b13-8+. The highest BCUT2D eigenvalue weighted by molar-refractivity contribution is 8.18. The number of carbonyl (C=O) groups is 3. The van der Waals surface area contributed by atoms with Crippen molar-refractivity contribution in [3.05, 3.63) is 47.0 Å². The highest BCUT2D eigenvalue weighted by Crippen LogP contribution is 2.25. The quantitative estimate of drug-likeness (QED) is 0.759. The topological polar surface area (TPSA) is 117 Å². The molecule has 0 aliphatic carbocycles. The van der Waals surface area contributed by atoms with E-state index in [1.807, 2.05) is 4.90 Å². The molecule has 2 saturated heterocycles. The molecular weight excluding hydrogens is 370 g/mol. The predicted octanol–water partition coefficient (Wildman–Crippen LogP) is 1.40. The Morgan fingerprint density at radius 2 is 2.30 bits per heavy atom. The number of carbonyl (C=O) groups excluding carboxylic acids is 3. The molecule has 27 heavy (non-hydrogen) atoms. The molecule has 0 spiro atoms. The van der Waals surface area contributed by atoms with E-state index in [2.05, 4.69) is 20.6 Å². The van der Waals surface area contributed by atoms with Crippen LogP contribution in [0.5, 0.6) is 0 Å². The lowest BCUT2D eigenvalue weighted by atomic mass is 10.2. The van der Waals surface area contributed by atoms with Gasteiger partial charge in [-0.1, -0.05) is 0 Å². The third kappa shape index (κ3) is 3.85. The lowest BCUT2D eigenvalue weighted by molar-refractivity contribution is -0.115. The number of hydrogen-bond donors (Lipinski definition) is 2. The van der Waals surface area contributed by atoms with Crippen molar-refractivity contribution in [2.45, 2.75) is 12.5 Å². The molecule has 3 amide bonds. The van der Waals surface area contributed by atoms with Gasteiger partial charge in [-0.15, -0.1) is 0 Å². The number of amides is 3. The van der Waals surface area contributed by atoms with Crippen LogP contribution in [0.3, 0.4) is 0 Å². The summed E-state index contributed by atoms with van der Waals surface area (Å²) in [5.41, 5.74) is 0.537. The summed E-state index contributed by atoms with van der Waals surface area (Å²) in [6, 6.07) is 4.91. The van der Waals surface area contributed by atoms with Gasteiger partial charge in [0.2, 0.25) is 5.95 Å². The smallest absolute Gasteiger partial charge is 0.290 e. The van der Waals surface area contributed by atoms with E-state index in [-0.39, 0.29) is 17.7 Å². The number of rotatable bonds is 4. The maximum Gasteiger partial charge on any atom is 0.290 e. The van der Waals surface area contributed by atoms with Crippen LogP contribution in [0.4, 0.5) is 10.7 Å².